The number of rotatable bonds is 6. The lowest BCUT2D eigenvalue weighted by atomic mass is 10.0. The van der Waals surface area contributed by atoms with Crippen LogP contribution in [0.3, 0.4) is 0 Å². The highest BCUT2D eigenvalue weighted by atomic mass is 35.6. The van der Waals surface area contributed by atoms with Gasteiger partial charge in [-0.05, 0) is 43.1 Å². The van der Waals surface area contributed by atoms with Crippen LogP contribution in [0.15, 0.2) is 86.0 Å². The van der Waals surface area contributed by atoms with Crippen molar-refractivity contribution in [2.24, 2.45) is 5.92 Å². The van der Waals surface area contributed by atoms with Gasteiger partial charge in [0.05, 0.1) is 24.9 Å². The third kappa shape index (κ3) is 13.2. The van der Waals surface area contributed by atoms with Gasteiger partial charge in [0.25, 0.3) is 11.8 Å². The molecule has 4 aromatic heterocycles. The van der Waals surface area contributed by atoms with E-state index < -0.39 is 56.4 Å². The summed E-state index contributed by atoms with van der Waals surface area (Å²) in [5, 5.41) is 22.6. The molecule has 362 valence electrons. The van der Waals surface area contributed by atoms with Crippen molar-refractivity contribution in [1.82, 2.24) is 39.0 Å². The molecule has 2 aliphatic rings. The number of hydrogen-bond donors (Lipinski definition) is 5. The molecule has 2 aromatic carbocycles. The molecule has 0 bridgehead atoms. The Morgan fingerprint density at radius 1 is 0.758 bits per heavy atom. The highest BCUT2D eigenvalue weighted by Gasteiger charge is 2.44. The molecule has 2 aliphatic heterocycles. The van der Waals surface area contributed by atoms with Crippen LogP contribution in [0.25, 0.3) is 22.3 Å². The Morgan fingerprint density at radius 2 is 1.14 bits per heavy atom. The van der Waals surface area contributed by atoms with Crippen LogP contribution >= 0.6 is 11.1 Å². The van der Waals surface area contributed by atoms with Crippen molar-refractivity contribution in [1.29, 1.82) is 2.86 Å². The number of ether oxygens (including phenoxy) is 2. The summed E-state index contributed by atoms with van der Waals surface area (Å²) in [6.45, 7) is 12.4. The number of fused-ring (bicyclic) bond motifs is 2. The Hall–Kier alpha value is -5.35. The summed E-state index contributed by atoms with van der Waals surface area (Å²) in [6.07, 6.45) is -2.64. The number of aromatic nitrogens is 8. The number of anilines is 2. The molecule has 0 radical (unpaired) electrons. The first-order valence-corrected chi connectivity index (χ1v) is 23.9. The maximum atomic E-state index is 14.7. The third-order valence-electron chi connectivity index (χ3n) is 10.6. The van der Waals surface area contributed by atoms with E-state index in [-0.39, 0.29) is 63.3 Å². The lowest BCUT2D eigenvalue weighted by molar-refractivity contribution is -0.0137. The van der Waals surface area contributed by atoms with Crippen molar-refractivity contribution in [3.8, 4) is 0 Å². The van der Waals surface area contributed by atoms with Gasteiger partial charge in [0.15, 0.2) is 66.1 Å². The molecule has 21 heteroatoms. The average Bonchev–Trinajstić information content (AvgIpc) is 4.08. The lowest BCUT2D eigenvalue weighted by Crippen LogP contribution is -2.29. The zero-order valence-electron chi connectivity index (χ0n) is 40.7. The Labute approximate surface area is 396 Å². The number of nitrogens with zero attached hydrogens (tertiary/aromatic N) is 8. The number of nitrogens with one attached hydrogen (secondary N) is 2. The van der Waals surface area contributed by atoms with Crippen LogP contribution in [0.4, 0.5) is 20.4 Å². The minimum atomic E-state index is -1.73. The average molecular weight is 966 g/mol. The van der Waals surface area contributed by atoms with E-state index in [2.05, 4.69) is 84.6 Å². The molecule has 6 heterocycles. The molecule has 0 aliphatic carbocycles. The fraction of sp³-hybridized carbons (Fsp3) is 0.467. The van der Waals surface area contributed by atoms with Crippen molar-refractivity contribution in [2.75, 3.05) is 24.9 Å². The van der Waals surface area contributed by atoms with Gasteiger partial charge >= 0.3 is 0 Å². The molecule has 5 N–H and O–H groups in total. The molecule has 0 unspecified atom stereocenters. The Morgan fingerprint density at radius 3 is 1.48 bits per heavy atom. The number of carbonyl (C=O) groups excluding carboxylic acids is 2. The van der Waals surface area contributed by atoms with E-state index in [1.807, 2.05) is 6.07 Å². The molecule has 2 saturated heterocycles. The van der Waals surface area contributed by atoms with Gasteiger partial charge in [-0.1, -0.05) is 92.0 Å². The Bertz CT molecular complexity index is 2340. The first kappa shape index (κ1) is 50.1. The number of halogens is 3. The van der Waals surface area contributed by atoms with Gasteiger partial charge < -0.3 is 35.4 Å². The highest BCUT2D eigenvalue weighted by Crippen LogP contribution is 2.39. The SMILES string of the molecule is C.C.CC(C)(C)[Si](C)(C)Cl.[2H]C[C@H]1O[C@@H](n2cnc3c(NC(=O)c4ccccc4)ncnc32)[C@H](F)[C@@H]1C.[2H]C[C@H]1O[C@@H](n2cnc3c(NC(=O)c4ccccc4)ncnc32)[C@H](F)[C@@H]1O.[3H]OC.[3H]OC. The highest BCUT2D eigenvalue weighted by molar-refractivity contribution is 7.20. The molecule has 6 aromatic rings. The topological polar surface area (TPSA) is 225 Å². The second-order valence-corrected chi connectivity index (χ2v) is 23.1. The summed E-state index contributed by atoms with van der Waals surface area (Å²) in [4.78, 5) is 49.6. The molecule has 2 fully saturated rings. The number of alkyl halides is 2. The molecule has 8 rings (SSSR count). The molecule has 66 heavy (non-hydrogen) atoms. The van der Waals surface area contributed by atoms with Crippen molar-refractivity contribution in [3.63, 3.8) is 0 Å². The van der Waals surface area contributed by atoms with Crippen LogP contribution in [-0.4, -0.2) is 121 Å². The molecule has 0 spiro atoms. The predicted octanol–water partition coefficient (Wildman–Crippen LogP) is 8.38. The number of carbonyl (C=O) groups is 2. The predicted molar refractivity (Wildman–Crippen MR) is 256 cm³/mol. The molecule has 8 atom stereocenters. The van der Waals surface area contributed by atoms with E-state index in [1.54, 1.807) is 61.5 Å². The molecule has 0 saturated carbocycles. The van der Waals surface area contributed by atoms with Crippen LogP contribution in [0, 0.1) is 5.92 Å². The monoisotopic (exact) mass is 964 g/mol. The van der Waals surface area contributed by atoms with Crippen molar-refractivity contribution in [2.45, 2.75) is 118 Å². The van der Waals surface area contributed by atoms with E-state index in [0.29, 0.717) is 27.3 Å². The Kier molecular flexibility index (Phi) is 18.9. The number of amides is 2. The standard InChI is InChI=1S/C18H18FN5O2.C17H16FN5O3.C6H15ClSi.2CH4O.2CH4/c1-10-11(2)26-18(13(10)19)24-9-22-14-15(20-8-21-16(14)24)23-17(25)12-6-4-3-5-7-12;1-9-13(24)11(18)17(26-9)23-8-21-12-14(19-7-20-15(12)23)22-16(25)10-5-3-2-4-6-10;1-6(2,3)8(4,5)7;2*1-2;;/h3-11,13,18H,1-2H3,(H,20,21,23,25);2-9,11,13,17,24H,1H3,(H,19,20,22,25);1-5H3;2*2H,1H3;2*1H4/t10-,11-,13-,18-;9-,11-,13-,17-;;;;;/m11...../s1/i2D;1D;;2*2T;;. The summed E-state index contributed by atoms with van der Waals surface area (Å²) < 4.78 is 69.3. The van der Waals surface area contributed by atoms with Crippen molar-refractivity contribution >= 4 is 64.2 Å². The second kappa shape index (κ2) is 25.0. The van der Waals surface area contributed by atoms with E-state index in [9.17, 15) is 23.5 Å². The lowest BCUT2D eigenvalue weighted by Gasteiger charge is -2.29. The van der Waals surface area contributed by atoms with Crippen molar-refractivity contribution < 1.29 is 45.9 Å². The molecule has 17 nitrogen and oxygen atoms in total. The normalized spacial score (nSPS) is 22.8. The first-order chi connectivity index (χ1) is 32.3. The second-order valence-electron chi connectivity index (χ2n) is 15.8. The maximum absolute atomic E-state index is 14.7. The third-order valence-corrected chi connectivity index (χ3v) is 15.8. The van der Waals surface area contributed by atoms with Gasteiger partial charge in [-0.15, -0.1) is 0 Å². The quantitative estimate of drug-likeness (QED) is 0.0782. The maximum Gasteiger partial charge on any atom is 0.256 e. The summed E-state index contributed by atoms with van der Waals surface area (Å²) >= 11 is 6.15. The molecule has 2 amide bonds. The van der Waals surface area contributed by atoms with Crippen LogP contribution < -0.4 is 10.6 Å². The van der Waals surface area contributed by atoms with E-state index in [0.717, 1.165) is 0 Å². The number of aliphatic hydroxyl groups excluding tert-OH is 3. The summed E-state index contributed by atoms with van der Waals surface area (Å²) in [7, 11) is 1.20. The summed E-state index contributed by atoms with van der Waals surface area (Å²) in [6, 6.07) is 17.3. The minimum Gasteiger partial charge on any atom is -0.400 e. The van der Waals surface area contributed by atoms with E-state index >= 15 is 0 Å². The molecular formula is C45H65ClF2N10O7Si. The van der Waals surface area contributed by atoms with Crippen LogP contribution in [0.2, 0.25) is 18.1 Å². The van der Waals surface area contributed by atoms with Gasteiger partial charge in [0, 0.05) is 34.0 Å². The summed E-state index contributed by atoms with van der Waals surface area (Å²) in [5.74, 6) is -0.669. The zero-order chi connectivity index (χ0) is 50.3. The van der Waals surface area contributed by atoms with Crippen molar-refractivity contribution in [3.05, 3.63) is 97.1 Å². The molecular weight excluding hydrogens is 894 g/mol. The van der Waals surface area contributed by atoms with Gasteiger partial charge in [-0.25, -0.2) is 38.7 Å². The number of imidazole rings is 2. The van der Waals surface area contributed by atoms with E-state index in [1.165, 1.54) is 48.7 Å². The van der Waals surface area contributed by atoms with Gasteiger partial charge in [0.1, 0.15) is 18.8 Å². The van der Waals surface area contributed by atoms with E-state index in [4.69, 9.17) is 26.2 Å². The number of aliphatic hydroxyl groups is 3. The van der Waals surface area contributed by atoms with Crippen LogP contribution in [0.1, 0.15) is 92.3 Å². The van der Waals surface area contributed by atoms with Crippen LogP contribution in [-0.2, 0) is 9.47 Å². The number of benzene rings is 2. The fourth-order valence-corrected chi connectivity index (χ4v) is 5.79. The largest absolute Gasteiger partial charge is 0.400 e. The van der Waals surface area contributed by atoms with Gasteiger partial charge in [-0.3, -0.25) is 18.7 Å². The first-order valence-electron chi connectivity index (χ1n) is 22.1. The van der Waals surface area contributed by atoms with Crippen LogP contribution in [0.5, 0.6) is 0 Å². The van der Waals surface area contributed by atoms with Gasteiger partial charge in [0.2, 0.25) is 2.86 Å². The smallest absolute Gasteiger partial charge is 0.256 e. The fourth-order valence-electron chi connectivity index (χ4n) is 5.79. The van der Waals surface area contributed by atoms with Gasteiger partial charge in [-0.2, -0.15) is 11.1 Å². The zero-order valence-corrected chi connectivity index (χ0v) is 38.5. The Balaban J connectivity index is 0.000000371. The summed E-state index contributed by atoms with van der Waals surface area (Å²) in [5.41, 5.74) is 2.16. The number of hydrogen-bond acceptors (Lipinski definition) is 13. The minimum absolute atomic E-state index is 0.